The molecule has 0 bridgehead atoms. The van der Waals surface area contributed by atoms with Crippen molar-refractivity contribution in [1.82, 2.24) is 14.5 Å². The quantitative estimate of drug-likeness (QED) is 0.377. The molecule has 31 heavy (non-hydrogen) atoms. The van der Waals surface area contributed by atoms with E-state index in [1.165, 1.54) is 12.1 Å². The summed E-state index contributed by atoms with van der Waals surface area (Å²) >= 11 is 0. The molecule has 0 atom stereocenters. The Morgan fingerprint density at radius 2 is 1.81 bits per heavy atom. The van der Waals surface area contributed by atoms with Crippen LogP contribution >= 0.6 is 0 Å². The normalized spacial score (nSPS) is 11.0. The minimum Gasteiger partial charge on any atom is -0.399 e. The zero-order valence-corrected chi connectivity index (χ0v) is 16.7. The van der Waals surface area contributed by atoms with Crippen molar-refractivity contribution in [3.05, 3.63) is 108 Å². The van der Waals surface area contributed by atoms with E-state index in [0.29, 0.717) is 18.1 Å². The molecule has 3 aromatic carbocycles. The van der Waals surface area contributed by atoms with Crippen molar-refractivity contribution < 1.29 is 4.39 Å². The molecular weight excluding hydrogens is 389 g/mol. The van der Waals surface area contributed by atoms with Crippen LogP contribution in [-0.2, 0) is 6.42 Å². The first-order valence-corrected chi connectivity index (χ1v) is 9.94. The van der Waals surface area contributed by atoms with Gasteiger partial charge in [0.15, 0.2) is 0 Å². The summed E-state index contributed by atoms with van der Waals surface area (Å²) in [6.07, 6.45) is 4.44. The van der Waals surface area contributed by atoms with Gasteiger partial charge in [0.1, 0.15) is 5.82 Å². The predicted octanol–water partition coefficient (Wildman–Crippen LogP) is 5.48. The molecule has 0 saturated heterocycles. The summed E-state index contributed by atoms with van der Waals surface area (Å²) in [4.78, 5) is 8.94. The number of nitrogens with zero attached hydrogens (tertiary/aromatic N) is 3. The zero-order valence-electron chi connectivity index (χ0n) is 16.7. The lowest BCUT2D eigenvalue weighted by Gasteiger charge is -2.08. The number of nitrogens with two attached hydrogens (primary N) is 1. The van der Waals surface area contributed by atoms with Crippen LogP contribution in [-0.4, -0.2) is 14.5 Å². The molecule has 3 N–H and O–H groups in total. The third kappa shape index (κ3) is 4.09. The van der Waals surface area contributed by atoms with Gasteiger partial charge in [-0.25, -0.2) is 14.4 Å². The minimum absolute atomic E-state index is 0.239. The second kappa shape index (κ2) is 7.91. The van der Waals surface area contributed by atoms with Crippen molar-refractivity contribution in [2.24, 2.45) is 0 Å². The maximum absolute atomic E-state index is 13.2. The third-order valence-electron chi connectivity index (χ3n) is 5.10. The molecule has 0 aliphatic carbocycles. The van der Waals surface area contributed by atoms with Gasteiger partial charge in [-0.05, 0) is 72.3 Å². The van der Waals surface area contributed by atoms with E-state index in [-0.39, 0.29) is 5.82 Å². The van der Waals surface area contributed by atoms with E-state index in [0.717, 1.165) is 33.5 Å². The third-order valence-corrected chi connectivity index (χ3v) is 5.10. The number of hydrogen-bond acceptors (Lipinski definition) is 4. The summed E-state index contributed by atoms with van der Waals surface area (Å²) in [6, 6.07) is 24.3. The fourth-order valence-electron chi connectivity index (χ4n) is 3.64. The number of rotatable bonds is 5. The van der Waals surface area contributed by atoms with E-state index >= 15 is 0 Å². The number of hydrogen-bond donors (Lipinski definition) is 2. The first-order chi connectivity index (χ1) is 15.1. The highest BCUT2D eigenvalue weighted by Crippen LogP contribution is 2.23. The van der Waals surface area contributed by atoms with Gasteiger partial charge >= 0.3 is 0 Å². The van der Waals surface area contributed by atoms with E-state index in [1.54, 1.807) is 18.3 Å². The van der Waals surface area contributed by atoms with Crippen LogP contribution in [0.5, 0.6) is 0 Å². The van der Waals surface area contributed by atoms with Gasteiger partial charge in [-0.2, -0.15) is 0 Å². The van der Waals surface area contributed by atoms with Crippen molar-refractivity contribution in [3.8, 4) is 5.69 Å². The van der Waals surface area contributed by atoms with Gasteiger partial charge in [0.05, 0.1) is 11.2 Å². The maximum atomic E-state index is 13.2. The highest BCUT2D eigenvalue weighted by molar-refractivity contribution is 5.82. The average molecular weight is 409 g/mol. The number of benzene rings is 3. The Kier molecular flexibility index (Phi) is 4.80. The predicted molar refractivity (Wildman–Crippen MR) is 122 cm³/mol. The molecule has 6 heteroatoms. The molecule has 5 rings (SSSR count). The van der Waals surface area contributed by atoms with Gasteiger partial charge in [-0.15, -0.1) is 0 Å². The topological polar surface area (TPSA) is 68.8 Å². The lowest BCUT2D eigenvalue weighted by Crippen LogP contribution is -2.01. The van der Waals surface area contributed by atoms with Gasteiger partial charge < -0.3 is 15.6 Å². The molecule has 0 saturated carbocycles. The summed E-state index contributed by atoms with van der Waals surface area (Å²) in [5.74, 6) is 0.295. The van der Waals surface area contributed by atoms with Crippen molar-refractivity contribution >= 4 is 28.2 Å². The smallest absolute Gasteiger partial charge is 0.227 e. The molecule has 2 aromatic heterocycles. The molecule has 2 heterocycles. The number of halogens is 1. The van der Waals surface area contributed by atoms with Crippen LogP contribution in [0, 0.1) is 5.82 Å². The summed E-state index contributed by atoms with van der Waals surface area (Å²) < 4.78 is 15.3. The van der Waals surface area contributed by atoms with Crippen LogP contribution in [0.1, 0.15) is 11.3 Å². The molecule has 0 spiro atoms. The van der Waals surface area contributed by atoms with Gasteiger partial charge in [-0.3, -0.25) is 0 Å². The molecule has 0 aliphatic heterocycles. The highest BCUT2D eigenvalue weighted by Gasteiger charge is 2.07. The van der Waals surface area contributed by atoms with Crippen LogP contribution in [0.3, 0.4) is 0 Å². The van der Waals surface area contributed by atoms with Gasteiger partial charge in [0.25, 0.3) is 0 Å². The van der Waals surface area contributed by atoms with Crippen LogP contribution in [0.4, 0.5) is 21.7 Å². The second-order valence-electron chi connectivity index (χ2n) is 7.35. The van der Waals surface area contributed by atoms with Gasteiger partial charge in [-0.1, -0.05) is 12.1 Å². The molecule has 0 amide bonds. The summed E-state index contributed by atoms with van der Waals surface area (Å²) in [6.45, 7) is 0. The van der Waals surface area contributed by atoms with E-state index in [9.17, 15) is 4.39 Å². The molecule has 0 radical (unpaired) electrons. The molecule has 0 unspecified atom stereocenters. The van der Waals surface area contributed by atoms with E-state index < -0.39 is 0 Å². The van der Waals surface area contributed by atoms with Crippen LogP contribution in [0.2, 0.25) is 0 Å². The Balaban J connectivity index is 1.37. The SMILES string of the molecule is Nc1cccc(Nc2nccc(Cc3ccc4c(ccn4-c4ccc(F)cc4)c3)n2)c1. The molecule has 5 aromatic rings. The number of nitrogens with one attached hydrogen (secondary N) is 1. The second-order valence-corrected chi connectivity index (χ2v) is 7.35. The van der Waals surface area contributed by atoms with E-state index in [2.05, 4.69) is 44.1 Å². The zero-order chi connectivity index (χ0) is 21.2. The molecule has 152 valence electrons. The lowest BCUT2D eigenvalue weighted by atomic mass is 10.1. The fourth-order valence-corrected chi connectivity index (χ4v) is 3.64. The summed E-state index contributed by atoms with van der Waals surface area (Å²) in [5, 5.41) is 4.31. The Morgan fingerprint density at radius 3 is 2.65 bits per heavy atom. The number of nitrogen functional groups attached to an aromatic ring is 1. The summed E-state index contributed by atoms with van der Waals surface area (Å²) in [5.41, 5.74) is 11.4. The van der Waals surface area contributed by atoms with Crippen LogP contribution in [0.25, 0.3) is 16.6 Å². The monoisotopic (exact) mass is 409 g/mol. The van der Waals surface area contributed by atoms with Crippen molar-refractivity contribution in [3.63, 3.8) is 0 Å². The largest absolute Gasteiger partial charge is 0.399 e. The van der Waals surface area contributed by atoms with E-state index in [4.69, 9.17) is 5.73 Å². The van der Waals surface area contributed by atoms with Crippen molar-refractivity contribution in [2.45, 2.75) is 6.42 Å². The molecule has 0 aliphatic rings. The van der Waals surface area contributed by atoms with Crippen LogP contribution < -0.4 is 11.1 Å². The standard InChI is InChI=1S/C25H20FN5/c26-19-5-7-23(8-6-19)31-13-11-18-14-17(4-9-24(18)31)15-22-10-12-28-25(30-22)29-21-3-1-2-20(27)16-21/h1-14,16H,15,27H2,(H,28,29,30). The highest BCUT2D eigenvalue weighted by atomic mass is 19.1. The maximum Gasteiger partial charge on any atom is 0.227 e. The van der Waals surface area contributed by atoms with Crippen molar-refractivity contribution in [1.29, 1.82) is 0 Å². The van der Waals surface area contributed by atoms with Gasteiger partial charge in [0, 0.05) is 41.3 Å². The Morgan fingerprint density at radius 1 is 0.935 bits per heavy atom. The van der Waals surface area contributed by atoms with Crippen molar-refractivity contribution in [2.75, 3.05) is 11.1 Å². The molecule has 0 fully saturated rings. The Hall–Kier alpha value is -4.19. The average Bonchev–Trinajstić information content (AvgIpc) is 3.18. The lowest BCUT2D eigenvalue weighted by molar-refractivity contribution is 0.627. The fraction of sp³-hybridized carbons (Fsp3) is 0.0400. The first-order valence-electron chi connectivity index (χ1n) is 9.94. The van der Waals surface area contributed by atoms with E-state index in [1.807, 2.05) is 36.5 Å². The Labute approximate surface area is 179 Å². The molecular formula is C25H20FN5. The number of aromatic nitrogens is 3. The molecule has 5 nitrogen and oxygen atoms in total. The first kappa shape index (κ1) is 18.8. The summed E-state index contributed by atoms with van der Waals surface area (Å²) in [7, 11) is 0. The number of fused-ring (bicyclic) bond motifs is 1. The number of anilines is 3. The minimum atomic E-state index is -0.239. The Bertz CT molecular complexity index is 1360. The van der Waals surface area contributed by atoms with Gasteiger partial charge in [0.2, 0.25) is 5.95 Å². The van der Waals surface area contributed by atoms with Crippen LogP contribution in [0.15, 0.2) is 91.3 Å².